The van der Waals surface area contributed by atoms with E-state index >= 15 is 0 Å². The summed E-state index contributed by atoms with van der Waals surface area (Å²) < 4.78 is 5.47. The van der Waals surface area contributed by atoms with Gasteiger partial charge in [-0.3, -0.25) is 0 Å². The highest BCUT2D eigenvalue weighted by molar-refractivity contribution is 6.31. The molecule has 16 heavy (non-hydrogen) atoms. The average Bonchev–Trinajstić information content (AvgIpc) is 2.19. The van der Waals surface area contributed by atoms with Gasteiger partial charge in [-0.15, -0.1) is 10.2 Å². The Labute approximate surface area is 105 Å². The Kier molecular flexibility index (Phi) is 4.29. The zero-order valence-electron chi connectivity index (χ0n) is 9.66. The number of halogens is 2. The first-order valence-corrected chi connectivity index (χ1v) is 5.44. The van der Waals surface area contributed by atoms with Crippen molar-refractivity contribution < 1.29 is 4.74 Å². The molecule has 0 aromatic carbocycles. The summed E-state index contributed by atoms with van der Waals surface area (Å²) >= 11 is 11.4. The third kappa shape index (κ3) is 3.43. The van der Waals surface area contributed by atoms with Gasteiger partial charge in [0.2, 0.25) is 10.4 Å². The minimum absolute atomic E-state index is 0.0158. The summed E-state index contributed by atoms with van der Waals surface area (Å²) in [5.74, 6) is 0.205. The van der Waals surface area contributed by atoms with Crippen molar-refractivity contribution in [1.82, 2.24) is 20.1 Å². The number of nitrogens with zero attached hydrogens (tertiary/aromatic N) is 4. The van der Waals surface area contributed by atoms with Crippen LogP contribution in [0.3, 0.4) is 0 Å². The molecule has 0 aliphatic heterocycles. The molecule has 0 N–H and O–H groups in total. The second-order valence-corrected chi connectivity index (χ2v) is 4.87. The first-order chi connectivity index (χ1) is 7.33. The van der Waals surface area contributed by atoms with Crippen LogP contribution in [-0.4, -0.2) is 46.3 Å². The van der Waals surface area contributed by atoms with Crippen LogP contribution in [0.4, 0.5) is 0 Å². The van der Waals surface area contributed by atoms with Crippen molar-refractivity contribution in [2.45, 2.75) is 19.4 Å². The Bertz CT molecular complexity index is 371. The number of likely N-dealkylation sites (N-methyl/N-ethyl adjacent to an activating group) is 1. The van der Waals surface area contributed by atoms with Crippen molar-refractivity contribution in [2.75, 3.05) is 20.7 Å². The summed E-state index contributed by atoms with van der Waals surface area (Å²) in [5, 5.41) is 7.23. The van der Waals surface area contributed by atoms with Gasteiger partial charge in [-0.05, 0) is 39.5 Å². The molecule has 1 rings (SSSR count). The van der Waals surface area contributed by atoms with Crippen LogP contribution in [0, 0.1) is 0 Å². The van der Waals surface area contributed by atoms with Crippen LogP contribution in [0.25, 0.3) is 0 Å². The monoisotopic (exact) mass is 264 g/mol. The number of ether oxygens (including phenoxy) is 1. The van der Waals surface area contributed by atoms with Crippen LogP contribution in [0.1, 0.15) is 13.8 Å². The number of rotatable bonds is 4. The summed E-state index contributed by atoms with van der Waals surface area (Å²) in [6.07, 6.45) is 0. The standard InChI is InChI=1S/C9H14Cl2N4O/c1-9(2,15(3)4)5-16-7-6(10)13-14-8(11)12-7/h5H2,1-4H3. The van der Waals surface area contributed by atoms with Crippen LogP contribution < -0.4 is 4.74 Å². The molecule has 0 saturated heterocycles. The molecule has 7 heteroatoms. The molecule has 0 unspecified atom stereocenters. The molecular weight excluding hydrogens is 251 g/mol. The molecule has 0 saturated carbocycles. The fraction of sp³-hybridized carbons (Fsp3) is 0.667. The van der Waals surface area contributed by atoms with E-state index in [0.29, 0.717) is 6.61 Å². The summed E-state index contributed by atoms with van der Waals surface area (Å²) in [4.78, 5) is 5.89. The van der Waals surface area contributed by atoms with E-state index in [9.17, 15) is 0 Å². The molecule has 5 nitrogen and oxygen atoms in total. The summed E-state index contributed by atoms with van der Waals surface area (Å²) in [7, 11) is 3.94. The highest BCUT2D eigenvalue weighted by Gasteiger charge is 2.22. The van der Waals surface area contributed by atoms with Gasteiger partial charge in [0, 0.05) is 5.54 Å². The zero-order chi connectivity index (χ0) is 12.3. The van der Waals surface area contributed by atoms with Crippen LogP contribution in [0.2, 0.25) is 10.4 Å². The molecule has 90 valence electrons. The number of aromatic nitrogens is 3. The molecule has 1 heterocycles. The third-order valence-electron chi connectivity index (χ3n) is 2.36. The van der Waals surface area contributed by atoms with E-state index in [1.165, 1.54) is 0 Å². The first kappa shape index (κ1) is 13.4. The van der Waals surface area contributed by atoms with Gasteiger partial charge < -0.3 is 9.64 Å². The third-order valence-corrected chi connectivity index (χ3v) is 2.76. The Morgan fingerprint density at radius 1 is 1.25 bits per heavy atom. The smallest absolute Gasteiger partial charge is 0.257 e. The number of hydrogen-bond acceptors (Lipinski definition) is 5. The lowest BCUT2D eigenvalue weighted by Crippen LogP contribution is -2.43. The fourth-order valence-electron chi connectivity index (χ4n) is 0.746. The van der Waals surface area contributed by atoms with Gasteiger partial charge in [-0.25, -0.2) is 0 Å². The van der Waals surface area contributed by atoms with Crippen LogP contribution in [0.5, 0.6) is 5.88 Å². The van der Waals surface area contributed by atoms with Crippen molar-refractivity contribution in [1.29, 1.82) is 0 Å². The molecule has 0 atom stereocenters. The van der Waals surface area contributed by atoms with Gasteiger partial charge in [0.05, 0.1) is 0 Å². The van der Waals surface area contributed by atoms with Crippen LogP contribution >= 0.6 is 23.2 Å². The molecule has 0 aliphatic rings. The van der Waals surface area contributed by atoms with Gasteiger partial charge in [0.15, 0.2) is 0 Å². The maximum atomic E-state index is 5.77. The normalized spacial score (nSPS) is 11.9. The maximum absolute atomic E-state index is 5.77. The van der Waals surface area contributed by atoms with Crippen molar-refractivity contribution in [2.24, 2.45) is 0 Å². The van der Waals surface area contributed by atoms with Gasteiger partial charge >= 0.3 is 0 Å². The van der Waals surface area contributed by atoms with Gasteiger partial charge in [0.1, 0.15) is 6.61 Å². The molecule has 0 spiro atoms. The van der Waals surface area contributed by atoms with E-state index in [4.69, 9.17) is 27.9 Å². The largest absolute Gasteiger partial charge is 0.473 e. The lowest BCUT2D eigenvalue weighted by atomic mass is 10.1. The van der Waals surface area contributed by atoms with E-state index in [0.717, 1.165) is 0 Å². The lowest BCUT2D eigenvalue weighted by Gasteiger charge is -2.31. The summed E-state index contributed by atoms with van der Waals surface area (Å²) in [5.41, 5.74) is -0.138. The van der Waals surface area contributed by atoms with Gasteiger partial charge in [0.25, 0.3) is 5.88 Å². The second-order valence-electron chi connectivity index (χ2n) is 4.17. The highest BCUT2D eigenvalue weighted by Crippen LogP contribution is 2.21. The SMILES string of the molecule is CN(C)C(C)(C)COc1nc(Cl)nnc1Cl. The molecule has 0 fully saturated rings. The van der Waals surface area contributed by atoms with E-state index in [1.54, 1.807) is 0 Å². The quantitative estimate of drug-likeness (QED) is 0.832. The van der Waals surface area contributed by atoms with E-state index in [1.807, 2.05) is 32.8 Å². The highest BCUT2D eigenvalue weighted by atomic mass is 35.5. The Balaban J connectivity index is 2.71. The second kappa shape index (κ2) is 5.12. The van der Waals surface area contributed by atoms with Crippen molar-refractivity contribution in [3.8, 4) is 5.88 Å². The molecule has 0 radical (unpaired) electrons. The Morgan fingerprint density at radius 2 is 1.88 bits per heavy atom. The molecular formula is C9H14Cl2N4O. The van der Waals surface area contributed by atoms with Crippen LogP contribution in [0.15, 0.2) is 0 Å². The predicted molar refractivity (Wildman–Crippen MR) is 63.1 cm³/mol. The van der Waals surface area contributed by atoms with Gasteiger partial charge in [-0.2, -0.15) is 4.98 Å². The summed E-state index contributed by atoms with van der Waals surface area (Å²) in [6, 6.07) is 0. The van der Waals surface area contributed by atoms with Crippen molar-refractivity contribution in [3.63, 3.8) is 0 Å². The van der Waals surface area contributed by atoms with Crippen molar-refractivity contribution in [3.05, 3.63) is 10.4 Å². The van der Waals surface area contributed by atoms with E-state index in [-0.39, 0.29) is 21.9 Å². The van der Waals surface area contributed by atoms with Crippen LogP contribution in [-0.2, 0) is 0 Å². The summed E-state index contributed by atoms with van der Waals surface area (Å²) in [6.45, 7) is 4.50. The lowest BCUT2D eigenvalue weighted by molar-refractivity contribution is 0.110. The molecule has 1 aromatic heterocycles. The molecule has 0 amide bonds. The minimum atomic E-state index is -0.138. The van der Waals surface area contributed by atoms with E-state index in [2.05, 4.69) is 15.2 Å². The zero-order valence-corrected chi connectivity index (χ0v) is 11.2. The molecule has 1 aromatic rings. The Hall–Kier alpha value is -0.650. The molecule has 0 aliphatic carbocycles. The first-order valence-electron chi connectivity index (χ1n) is 4.69. The predicted octanol–water partition coefficient (Wildman–Crippen LogP) is 1.90. The Morgan fingerprint density at radius 3 is 2.44 bits per heavy atom. The topological polar surface area (TPSA) is 51.1 Å². The minimum Gasteiger partial charge on any atom is -0.473 e. The van der Waals surface area contributed by atoms with Crippen molar-refractivity contribution >= 4 is 23.2 Å². The van der Waals surface area contributed by atoms with E-state index < -0.39 is 0 Å². The maximum Gasteiger partial charge on any atom is 0.257 e. The van der Waals surface area contributed by atoms with Gasteiger partial charge in [-0.1, -0.05) is 11.6 Å². The molecule has 0 bridgehead atoms. The number of hydrogen-bond donors (Lipinski definition) is 0. The fourth-order valence-corrected chi connectivity index (χ4v) is 0.995. The average molecular weight is 265 g/mol.